The zero-order chi connectivity index (χ0) is 13.2. The van der Waals surface area contributed by atoms with Gasteiger partial charge in [-0.1, -0.05) is 25.8 Å². The highest BCUT2D eigenvalue weighted by Gasteiger charge is 2.38. The summed E-state index contributed by atoms with van der Waals surface area (Å²) in [6.07, 6.45) is 5.27. The van der Waals surface area contributed by atoms with Crippen LogP contribution in [0.15, 0.2) is 18.2 Å². The highest BCUT2D eigenvalue weighted by molar-refractivity contribution is 5.19. The van der Waals surface area contributed by atoms with Crippen LogP contribution in [0, 0.1) is 17.0 Å². The van der Waals surface area contributed by atoms with Gasteiger partial charge in [0.05, 0.1) is 6.10 Å². The number of rotatable bonds is 4. The molecular weight excluding hydrogens is 234 g/mol. The van der Waals surface area contributed by atoms with Crippen molar-refractivity contribution in [3.8, 4) is 0 Å². The first-order valence-electron chi connectivity index (χ1n) is 6.69. The molecule has 0 aromatic heterocycles. The van der Waals surface area contributed by atoms with Crippen LogP contribution < -0.4 is 0 Å². The zero-order valence-electron chi connectivity index (χ0n) is 10.8. The zero-order valence-corrected chi connectivity index (χ0v) is 10.8. The minimum absolute atomic E-state index is 0.0230. The lowest BCUT2D eigenvalue weighted by molar-refractivity contribution is 0.0257. The summed E-state index contributed by atoms with van der Waals surface area (Å²) < 4.78 is 26.0. The molecule has 0 spiro atoms. The highest BCUT2D eigenvalue weighted by atomic mass is 19.2. The number of hydrogen-bond donors (Lipinski definition) is 1. The first kappa shape index (κ1) is 13.5. The van der Waals surface area contributed by atoms with Crippen molar-refractivity contribution in [2.75, 3.05) is 0 Å². The van der Waals surface area contributed by atoms with Crippen molar-refractivity contribution in [2.24, 2.45) is 5.41 Å². The lowest BCUT2D eigenvalue weighted by Gasteiger charge is -2.33. The van der Waals surface area contributed by atoms with Gasteiger partial charge >= 0.3 is 0 Å². The minimum atomic E-state index is -0.836. The molecule has 18 heavy (non-hydrogen) atoms. The van der Waals surface area contributed by atoms with E-state index in [-0.39, 0.29) is 5.41 Å². The molecule has 1 aromatic carbocycles. The third-order valence-corrected chi connectivity index (χ3v) is 4.42. The van der Waals surface area contributed by atoms with Crippen molar-refractivity contribution >= 4 is 0 Å². The second kappa shape index (κ2) is 5.35. The largest absolute Gasteiger partial charge is 0.392 e. The molecule has 1 aliphatic rings. The molecule has 1 nitrogen and oxygen atoms in total. The fourth-order valence-electron chi connectivity index (χ4n) is 3.11. The number of benzene rings is 1. The van der Waals surface area contributed by atoms with Gasteiger partial charge in [-0.15, -0.1) is 0 Å². The number of aliphatic hydroxyl groups is 1. The summed E-state index contributed by atoms with van der Waals surface area (Å²) >= 11 is 0. The fraction of sp³-hybridized carbons (Fsp3) is 0.600. The van der Waals surface area contributed by atoms with Crippen LogP contribution in [0.2, 0.25) is 0 Å². The van der Waals surface area contributed by atoms with Crippen LogP contribution in [0.4, 0.5) is 8.78 Å². The molecule has 1 unspecified atom stereocenters. The van der Waals surface area contributed by atoms with Crippen molar-refractivity contribution in [1.29, 1.82) is 0 Å². The average molecular weight is 254 g/mol. The van der Waals surface area contributed by atoms with Crippen molar-refractivity contribution in [1.82, 2.24) is 0 Å². The molecule has 100 valence electrons. The molecule has 1 aromatic rings. The Labute approximate surface area is 107 Å². The van der Waals surface area contributed by atoms with Gasteiger partial charge < -0.3 is 5.11 Å². The van der Waals surface area contributed by atoms with Gasteiger partial charge in [-0.25, -0.2) is 8.78 Å². The summed E-state index contributed by atoms with van der Waals surface area (Å²) in [6, 6.07) is 3.88. The summed E-state index contributed by atoms with van der Waals surface area (Å²) in [7, 11) is 0. The van der Waals surface area contributed by atoms with E-state index in [1.807, 2.05) is 0 Å². The van der Waals surface area contributed by atoms with Crippen molar-refractivity contribution in [2.45, 2.75) is 51.6 Å². The van der Waals surface area contributed by atoms with Gasteiger partial charge in [0, 0.05) is 0 Å². The van der Waals surface area contributed by atoms with Gasteiger partial charge in [0.2, 0.25) is 0 Å². The molecule has 1 aliphatic carbocycles. The second-order valence-corrected chi connectivity index (χ2v) is 5.39. The number of aliphatic hydroxyl groups excluding tert-OH is 1. The first-order valence-corrected chi connectivity index (χ1v) is 6.69. The van der Waals surface area contributed by atoms with Crippen LogP contribution in [0.5, 0.6) is 0 Å². The molecule has 1 saturated carbocycles. The predicted molar refractivity (Wildman–Crippen MR) is 67.3 cm³/mol. The molecule has 1 fully saturated rings. The molecular formula is C15H20F2O. The van der Waals surface area contributed by atoms with Gasteiger partial charge in [-0.05, 0) is 48.8 Å². The van der Waals surface area contributed by atoms with E-state index in [1.54, 1.807) is 6.07 Å². The molecule has 0 amide bonds. The monoisotopic (exact) mass is 254 g/mol. The van der Waals surface area contributed by atoms with Crippen molar-refractivity contribution in [3.63, 3.8) is 0 Å². The van der Waals surface area contributed by atoms with E-state index < -0.39 is 17.7 Å². The summed E-state index contributed by atoms with van der Waals surface area (Å²) in [6.45, 7) is 2.10. The minimum Gasteiger partial charge on any atom is -0.392 e. The summed E-state index contributed by atoms with van der Waals surface area (Å²) in [5.41, 5.74) is 0.645. The Morgan fingerprint density at radius 1 is 1.22 bits per heavy atom. The van der Waals surface area contributed by atoms with E-state index >= 15 is 0 Å². The van der Waals surface area contributed by atoms with E-state index in [0.29, 0.717) is 12.0 Å². The van der Waals surface area contributed by atoms with Crippen LogP contribution in [0.1, 0.15) is 44.6 Å². The molecule has 2 rings (SSSR count). The molecule has 1 atom stereocenters. The maximum absolute atomic E-state index is 13.1. The number of halogens is 2. The van der Waals surface area contributed by atoms with Crippen LogP contribution in [0.3, 0.4) is 0 Å². The third kappa shape index (κ3) is 2.56. The van der Waals surface area contributed by atoms with Gasteiger partial charge in [0.1, 0.15) is 0 Å². The highest BCUT2D eigenvalue weighted by Crippen LogP contribution is 2.44. The second-order valence-electron chi connectivity index (χ2n) is 5.39. The molecule has 0 aliphatic heterocycles. The molecule has 0 bridgehead atoms. The van der Waals surface area contributed by atoms with E-state index in [0.717, 1.165) is 38.2 Å². The average Bonchev–Trinajstić information content (AvgIpc) is 2.84. The van der Waals surface area contributed by atoms with Crippen LogP contribution in [0.25, 0.3) is 0 Å². The molecule has 0 radical (unpaired) electrons. The SMILES string of the molecule is CCC1(C(O)Cc2ccc(F)c(F)c2)CCCC1. The van der Waals surface area contributed by atoms with Crippen LogP contribution >= 0.6 is 0 Å². The van der Waals surface area contributed by atoms with Gasteiger partial charge in [-0.2, -0.15) is 0 Å². The van der Waals surface area contributed by atoms with Gasteiger partial charge in [-0.3, -0.25) is 0 Å². The standard InChI is InChI=1S/C15H20F2O/c1-2-15(7-3-4-8-15)14(18)10-11-5-6-12(16)13(17)9-11/h5-6,9,14,18H,2-4,7-8,10H2,1H3. The fourth-order valence-corrected chi connectivity index (χ4v) is 3.11. The Hall–Kier alpha value is -0.960. The molecule has 1 N–H and O–H groups in total. The smallest absolute Gasteiger partial charge is 0.159 e. The maximum atomic E-state index is 13.1. The Morgan fingerprint density at radius 2 is 1.89 bits per heavy atom. The van der Waals surface area contributed by atoms with Gasteiger partial charge in [0.25, 0.3) is 0 Å². The lowest BCUT2D eigenvalue weighted by atomic mass is 9.76. The Bertz CT molecular complexity index is 411. The summed E-state index contributed by atoms with van der Waals surface area (Å²) in [5.74, 6) is -1.67. The third-order valence-electron chi connectivity index (χ3n) is 4.42. The quantitative estimate of drug-likeness (QED) is 0.865. The van der Waals surface area contributed by atoms with Crippen LogP contribution in [-0.2, 0) is 6.42 Å². The van der Waals surface area contributed by atoms with E-state index in [2.05, 4.69) is 6.92 Å². The lowest BCUT2D eigenvalue weighted by Crippen LogP contribution is -2.33. The summed E-state index contributed by atoms with van der Waals surface area (Å²) in [5, 5.41) is 10.4. The van der Waals surface area contributed by atoms with Crippen LogP contribution in [-0.4, -0.2) is 11.2 Å². The molecule has 0 heterocycles. The van der Waals surface area contributed by atoms with Crippen molar-refractivity contribution in [3.05, 3.63) is 35.4 Å². The van der Waals surface area contributed by atoms with E-state index in [9.17, 15) is 13.9 Å². The maximum Gasteiger partial charge on any atom is 0.159 e. The Kier molecular flexibility index (Phi) is 4.00. The van der Waals surface area contributed by atoms with Crippen molar-refractivity contribution < 1.29 is 13.9 Å². The Balaban J connectivity index is 2.10. The van der Waals surface area contributed by atoms with Gasteiger partial charge in [0.15, 0.2) is 11.6 Å². The topological polar surface area (TPSA) is 20.2 Å². The Morgan fingerprint density at radius 3 is 2.44 bits per heavy atom. The normalized spacial score (nSPS) is 20.0. The first-order chi connectivity index (χ1) is 8.57. The van der Waals surface area contributed by atoms with E-state index in [1.165, 1.54) is 6.07 Å². The molecule has 0 saturated heterocycles. The predicted octanol–water partition coefficient (Wildman–Crippen LogP) is 3.84. The molecule has 3 heteroatoms. The van der Waals surface area contributed by atoms with E-state index in [4.69, 9.17) is 0 Å². The number of hydrogen-bond acceptors (Lipinski definition) is 1. The summed E-state index contributed by atoms with van der Waals surface area (Å²) in [4.78, 5) is 0.